The molecule has 0 aliphatic heterocycles. The van der Waals surface area contributed by atoms with E-state index in [1.807, 2.05) is 6.07 Å². The highest BCUT2D eigenvalue weighted by Crippen LogP contribution is 2.45. The fourth-order valence-corrected chi connectivity index (χ4v) is 6.71. The highest BCUT2D eigenvalue weighted by molar-refractivity contribution is 7.99. The summed E-state index contributed by atoms with van der Waals surface area (Å²) >= 11 is 2.66. The Morgan fingerprint density at radius 3 is 2.35 bits per heavy atom. The molecule has 0 bridgehead atoms. The number of aryl methyl sites for hydroxylation is 2. The van der Waals surface area contributed by atoms with E-state index in [1.54, 1.807) is 26.0 Å². The number of carbonyl (C=O) groups is 2. The van der Waals surface area contributed by atoms with Gasteiger partial charge in [-0.25, -0.2) is 14.2 Å². The number of nitrogens with two attached hydrogens (primary N) is 1. The smallest absolute Gasteiger partial charge is 0.416 e. The van der Waals surface area contributed by atoms with Gasteiger partial charge in [0, 0.05) is 33.5 Å². The van der Waals surface area contributed by atoms with Crippen molar-refractivity contribution in [2.24, 2.45) is 5.73 Å². The predicted molar refractivity (Wildman–Crippen MR) is 158 cm³/mol. The normalized spacial score (nSPS) is 12.7. The molecule has 3 aromatic carbocycles. The molecule has 0 aliphatic carbocycles. The van der Waals surface area contributed by atoms with Crippen LogP contribution in [0.3, 0.4) is 0 Å². The van der Waals surface area contributed by atoms with Crippen LogP contribution >= 0.6 is 23.1 Å². The topological polar surface area (TPSA) is 103 Å². The first-order chi connectivity index (χ1) is 20.3. The van der Waals surface area contributed by atoms with Crippen molar-refractivity contribution >= 4 is 40.5 Å². The lowest BCUT2D eigenvalue weighted by atomic mass is 10.1. The Balaban J connectivity index is 1.64. The van der Waals surface area contributed by atoms with Gasteiger partial charge in [-0.2, -0.15) is 13.2 Å². The molecular weight excluding hydrogens is 604 g/mol. The fraction of sp³-hybridized carbons (Fsp3) is 0.194. The zero-order valence-electron chi connectivity index (χ0n) is 22.9. The van der Waals surface area contributed by atoms with E-state index in [9.17, 15) is 27.2 Å². The van der Waals surface area contributed by atoms with Crippen LogP contribution in [0.15, 0.2) is 77.7 Å². The van der Waals surface area contributed by atoms with E-state index in [2.05, 4.69) is 4.98 Å². The van der Waals surface area contributed by atoms with E-state index in [4.69, 9.17) is 15.6 Å². The van der Waals surface area contributed by atoms with E-state index in [1.165, 1.54) is 65.6 Å². The molecule has 0 saturated carbocycles. The van der Waals surface area contributed by atoms with Crippen LogP contribution in [0.25, 0.3) is 16.3 Å². The SMILES string of the molecule is Cc1cc(SC(CC(=O)C=C(N)c2ccc(F)cc2)c2sc(-c3ccc(C(F)(F)F)cc3)nc2C)ccc1OCC(=O)O. The number of alkyl halides is 3. The third kappa shape index (κ3) is 8.45. The van der Waals surface area contributed by atoms with Gasteiger partial charge in [-0.3, -0.25) is 4.79 Å². The molecule has 1 atom stereocenters. The quantitative estimate of drug-likeness (QED) is 0.0989. The van der Waals surface area contributed by atoms with Crippen molar-refractivity contribution in [2.75, 3.05) is 6.61 Å². The molecule has 1 unspecified atom stereocenters. The van der Waals surface area contributed by atoms with Gasteiger partial charge in [0.2, 0.25) is 0 Å². The molecule has 0 aliphatic rings. The zero-order valence-corrected chi connectivity index (χ0v) is 24.6. The second-order valence-electron chi connectivity index (χ2n) is 9.54. The summed E-state index contributed by atoms with van der Waals surface area (Å²) in [5.74, 6) is -1.42. The van der Waals surface area contributed by atoms with E-state index in [-0.39, 0.29) is 17.9 Å². The average molecular weight is 631 g/mol. The minimum absolute atomic E-state index is 0.0123. The largest absolute Gasteiger partial charge is 0.482 e. The van der Waals surface area contributed by atoms with Crippen LogP contribution in [-0.2, 0) is 15.8 Å². The van der Waals surface area contributed by atoms with Crippen molar-refractivity contribution < 1.29 is 37.0 Å². The van der Waals surface area contributed by atoms with Gasteiger partial charge in [-0.1, -0.05) is 24.3 Å². The van der Waals surface area contributed by atoms with Crippen LogP contribution in [0.1, 0.15) is 38.9 Å². The van der Waals surface area contributed by atoms with Crippen molar-refractivity contribution in [3.63, 3.8) is 0 Å². The van der Waals surface area contributed by atoms with Crippen LogP contribution in [-0.4, -0.2) is 28.4 Å². The van der Waals surface area contributed by atoms with E-state index >= 15 is 0 Å². The second-order valence-corrected chi connectivity index (χ2v) is 11.8. The summed E-state index contributed by atoms with van der Waals surface area (Å²) in [5, 5.41) is 8.97. The number of carboxylic acids is 1. The van der Waals surface area contributed by atoms with Crippen molar-refractivity contribution in [3.8, 4) is 16.3 Å². The van der Waals surface area contributed by atoms with Crippen molar-refractivity contribution in [3.05, 3.63) is 106 Å². The predicted octanol–water partition coefficient (Wildman–Crippen LogP) is 7.84. The number of benzene rings is 3. The number of thiazole rings is 1. The van der Waals surface area contributed by atoms with Gasteiger partial charge in [-0.05, 0) is 67.4 Å². The lowest BCUT2D eigenvalue weighted by Crippen LogP contribution is -2.10. The molecule has 12 heteroatoms. The molecular formula is C31H26F4N2O4S2. The number of rotatable bonds is 11. The average Bonchev–Trinajstić information content (AvgIpc) is 3.33. The number of nitrogens with zero attached hydrogens (tertiary/aromatic N) is 1. The number of thioether (sulfide) groups is 1. The number of carboxylic acid groups (broad SMARTS) is 1. The molecule has 3 N–H and O–H groups in total. The molecule has 1 aromatic heterocycles. The molecule has 0 fully saturated rings. The molecule has 224 valence electrons. The van der Waals surface area contributed by atoms with Crippen LogP contribution < -0.4 is 10.5 Å². The minimum atomic E-state index is -4.46. The maximum atomic E-state index is 13.3. The first-order valence-electron chi connectivity index (χ1n) is 12.8. The number of ketones is 1. The number of hydrogen-bond donors (Lipinski definition) is 2. The van der Waals surface area contributed by atoms with Crippen LogP contribution in [0.2, 0.25) is 0 Å². The molecule has 6 nitrogen and oxygen atoms in total. The lowest BCUT2D eigenvalue weighted by Gasteiger charge is -2.16. The summed E-state index contributed by atoms with van der Waals surface area (Å²) in [5.41, 5.74) is 7.86. The standard InChI is InChI=1S/C31H26F4N2O4S2/c1-17-13-24(11-12-26(17)41-16-28(39)40)42-27(15-23(38)14-25(36)19-5-9-22(32)10-6-19)29-18(2)37-30(43-29)20-3-7-21(8-4-20)31(33,34)35/h3-14,27H,15-16,36H2,1-2H3,(H,39,40). The summed E-state index contributed by atoms with van der Waals surface area (Å²) in [6.07, 6.45) is -3.15. The monoisotopic (exact) mass is 630 g/mol. The van der Waals surface area contributed by atoms with Crippen molar-refractivity contribution in [2.45, 2.75) is 36.6 Å². The first-order valence-corrected chi connectivity index (χ1v) is 14.5. The minimum Gasteiger partial charge on any atom is -0.482 e. The Morgan fingerprint density at radius 1 is 1.07 bits per heavy atom. The second kappa shape index (κ2) is 13.4. The number of allylic oxidation sites excluding steroid dienone is 1. The maximum absolute atomic E-state index is 13.3. The number of aliphatic carboxylic acids is 1. The number of halogens is 4. The Morgan fingerprint density at radius 2 is 1.74 bits per heavy atom. The molecule has 4 rings (SSSR count). The molecule has 0 radical (unpaired) electrons. The summed E-state index contributed by atoms with van der Waals surface area (Å²) < 4.78 is 57.8. The van der Waals surface area contributed by atoms with Crippen molar-refractivity contribution in [1.82, 2.24) is 4.98 Å². The van der Waals surface area contributed by atoms with Gasteiger partial charge >= 0.3 is 12.1 Å². The van der Waals surface area contributed by atoms with Crippen molar-refractivity contribution in [1.29, 1.82) is 0 Å². The van der Waals surface area contributed by atoms with E-state index < -0.39 is 35.4 Å². The number of aromatic nitrogens is 1. The Labute approximate surface area is 253 Å². The Kier molecular flexibility index (Phi) is 9.92. The summed E-state index contributed by atoms with van der Waals surface area (Å²) in [6, 6.07) is 15.4. The highest BCUT2D eigenvalue weighted by Gasteiger charge is 2.30. The van der Waals surface area contributed by atoms with Gasteiger partial charge in [0.1, 0.15) is 16.6 Å². The lowest BCUT2D eigenvalue weighted by molar-refractivity contribution is -0.139. The van der Waals surface area contributed by atoms with Crippen LogP contribution in [0, 0.1) is 19.7 Å². The molecule has 43 heavy (non-hydrogen) atoms. The summed E-state index contributed by atoms with van der Waals surface area (Å²) in [4.78, 5) is 30.2. The van der Waals surface area contributed by atoms with Gasteiger partial charge in [0.05, 0.1) is 16.5 Å². The number of ether oxygens (including phenoxy) is 1. The Bertz CT molecular complexity index is 1650. The van der Waals surface area contributed by atoms with E-state index in [0.29, 0.717) is 33.1 Å². The van der Waals surface area contributed by atoms with Gasteiger partial charge in [0.15, 0.2) is 12.4 Å². The third-order valence-corrected chi connectivity index (χ3v) is 8.92. The number of hydrogen-bond acceptors (Lipinski definition) is 7. The van der Waals surface area contributed by atoms with Crippen LogP contribution in [0.5, 0.6) is 5.75 Å². The highest BCUT2D eigenvalue weighted by atomic mass is 32.2. The number of carbonyl (C=O) groups excluding carboxylic acids is 1. The van der Waals surface area contributed by atoms with Gasteiger partial charge < -0.3 is 15.6 Å². The molecule has 0 saturated heterocycles. The van der Waals surface area contributed by atoms with E-state index in [0.717, 1.165) is 21.9 Å². The van der Waals surface area contributed by atoms with Gasteiger partial charge in [0.25, 0.3) is 0 Å². The zero-order chi connectivity index (χ0) is 31.3. The summed E-state index contributed by atoms with van der Waals surface area (Å²) in [7, 11) is 0. The molecule has 0 amide bonds. The third-order valence-electron chi connectivity index (χ3n) is 6.24. The van der Waals surface area contributed by atoms with Crippen LogP contribution in [0.4, 0.5) is 17.6 Å². The molecule has 4 aromatic rings. The first kappa shape index (κ1) is 31.8. The van der Waals surface area contributed by atoms with Gasteiger partial charge in [-0.15, -0.1) is 23.1 Å². The summed E-state index contributed by atoms with van der Waals surface area (Å²) in [6.45, 7) is 3.06. The molecule has 0 spiro atoms. The fourth-order valence-electron chi connectivity index (χ4n) is 4.12. The maximum Gasteiger partial charge on any atom is 0.416 e. The Hall–Kier alpha value is -4.16. The molecule has 1 heterocycles.